The maximum Gasteiger partial charge on any atom is 0.151 e. The highest BCUT2D eigenvalue weighted by Gasteiger charge is 2.05. The van der Waals surface area contributed by atoms with Crippen LogP contribution in [0.2, 0.25) is 0 Å². The van der Waals surface area contributed by atoms with Crippen molar-refractivity contribution in [3.63, 3.8) is 0 Å². The van der Waals surface area contributed by atoms with Crippen LogP contribution in [-0.4, -0.2) is 22.3 Å². The van der Waals surface area contributed by atoms with Crippen LogP contribution in [0.25, 0.3) is 0 Å². The van der Waals surface area contributed by atoms with Crippen LogP contribution in [0.4, 0.5) is 0 Å². The number of aromatic nitrogens is 3. The van der Waals surface area contributed by atoms with Crippen molar-refractivity contribution in [2.45, 2.75) is 19.4 Å². The summed E-state index contributed by atoms with van der Waals surface area (Å²) in [5.74, 6) is 2.42. The number of methoxy groups -OCH3 is 1. The Kier molecular flexibility index (Phi) is 3.72. The van der Waals surface area contributed by atoms with Crippen molar-refractivity contribution < 1.29 is 4.74 Å². The second-order valence-electron chi connectivity index (χ2n) is 3.71. The summed E-state index contributed by atoms with van der Waals surface area (Å²) in [5, 5.41) is 6.90. The molecule has 1 aromatic carbocycles. The highest BCUT2D eigenvalue weighted by molar-refractivity contribution is 5.33. The van der Waals surface area contributed by atoms with Gasteiger partial charge in [-0.1, -0.05) is 18.2 Å². The average molecular weight is 232 g/mol. The minimum absolute atomic E-state index is 0.391. The van der Waals surface area contributed by atoms with E-state index in [1.165, 1.54) is 0 Å². The van der Waals surface area contributed by atoms with Crippen molar-refractivity contribution in [2.75, 3.05) is 7.11 Å². The van der Waals surface area contributed by atoms with Gasteiger partial charge in [0.2, 0.25) is 0 Å². The molecule has 90 valence electrons. The number of nitrogens with zero attached hydrogens (tertiary/aromatic N) is 2. The Balaban J connectivity index is 2.01. The molecule has 2 rings (SSSR count). The Hall–Kier alpha value is -1.88. The maximum atomic E-state index is 5.46. The molecular formula is C12H16N4O. The van der Waals surface area contributed by atoms with Gasteiger partial charge in [0.25, 0.3) is 0 Å². The van der Waals surface area contributed by atoms with Crippen LogP contribution in [0.15, 0.2) is 24.3 Å². The van der Waals surface area contributed by atoms with E-state index in [1.807, 2.05) is 18.2 Å². The molecule has 0 aliphatic rings. The largest absolute Gasteiger partial charge is 0.496 e. The zero-order valence-electron chi connectivity index (χ0n) is 9.81. The number of aromatic amines is 1. The molecule has 0 atom stereocenters. The predicted molar refractivity (Wildman–Crippen MR) is 64.7 cm³/mol. The van der Waals surface area contributed by atoms with Gasteiger partial charge in [-0.15, -0.1) is 0 Å². The van der Waals surface area contributed by atoms with Gasteiger partial charge in [0.15, 0.2) is 5.82 Å². The Bertz CT molecular complexity index is 481. The lowest BCUT2D eigenvalue weighted by atomic mass is 10.1. The van der Waals surface area contributed by atoms with E-state index in [-0.39, 0.29) is 0 Å². The highest BCUT2D eigenvalue weighted by atomic mass is 16.5. The molecule has 0 aliphatic heterocycles. The lowest BCUT2D eigenvalue weighted by molar-refractivity contribution is 0.409. The molecule has 5 heteroatoms. The Labute approximate surface area is 100 Å². The number of nitrogens with two attached hydrogens (primary N) is 1. The molecule has 0 spiro atoms. The molecule has 1 heterocycles. The molecule has 0 saturated heterocycles. The van der Waals surface area contributed by atoms with Gasteiger partial charge in [0.05, 0.1) is 13.7 Å². The van der Waals surface area contributed by atoms with Gasteiger partial charge in [-0.25, -0.2) is 4.98 Å². The van der Waals surface area contributed by atoms with E-state index < -0.39 is 0 Å². The van der Waals surface area contributed by atoms with Crippen LogP contribution in [0, 0.1) is 0 Å². The van der Waals surface area contributed by atoms with E-state index in [2.05, 4.69) is 21.2 Å². The van der Waals surface area contributed by atoms with Crippen LogP contribution in [0.1, 0.15) is 17.2 Å². The molecule has 5 nitrogen and oxygen atoms in total. The molecule has 0 saturated carbocycles. The fraction of sp³-hybridized carbons (Fsp3) is 0.333. The summed E-state index contributed by atoms with van der Waals surface area (Å²) in [5.41, 5.74) is 6.62. The van der Waals surface area contributed by atoms with E-state index in [0.717, 1.165) is 35.8 Å². The van der Waals surface area contributed by atoms with Gasteiger partial charge < -0.3 is 10.5 Å². The van der Waals surface area contributed by atoms with Crippen molar-refractivity contribution in [1.82, 2.24) is 15.2 Å². The molecule has 0 fully saturated rings. The smallest absolute Gasteiger partial charge is 0.151 e. The topological polar surface area (TPSA) is 76.8 Å². The lowest BCUT2D eigenvalue weighted by Gasteiger charge is -2.06. The van der Waals surface area contributed by atoms with Crippen LogP contribution < -0.4 is 10.5 Å². The number of rotatable bonds is 5. The number of benzene rings is 1. The molecule has 0 radical (unpaired) electrons. The van der Waals surface area contributed by atoms with E-state index >= 15 is 0 Å². The first kappa shape index (κ1) is 11.6. The fourth-order valence-corrected chi connectivity index (χ4v) is 1.69. The van der Waals surface area contributed by atoms with Gasteiger partial charge in [-0.3, -0.25) is 5.10 Å². The van der Waals surface area contributed by atoms with Crippen molar-refractivity contribution in [3.05, 3.63) is 41.5 Å². The lowest BCUT2D eigenvalue weighted by Crippen LogP contribution is -1.99. The van der Waals surface area contributed by atoms with Gasteiger partial charge in [0.1, 0.15) is 11.6 Å². The van der Waals surface area contributed by atoms with Crippen molar-refractivity contribution in [3.8, 4) is 5.75 Å². The van der Waals surface area contributed by atoms with E-state index in [0.29, 0.717) is 6.54 Å². The SMILES string of the molecule is COc1ccccc1CCc1n[nH]c(CN)n1. The number of hydrogen-bond donors (Lipinski definition) is 2. The van der Waals surface area contributed by atoms with Crippen molar-refractivity contribution >= 4 is 0 Å². The summed E-state index contributed by atoms with van der Waals surface area (Å²) in [6.07, 6.45) is 1.63. The summed E-state index contributed by atoms with van der Waals surface area (Å²) < 4.78 is 5.29. The normalized spacial score (nSPS) is 10.5. The number of ether oxygens (including phenoxy) is 1. The molecule has 1 aromatic heterocycles. The van der Waals surface area contributed by atoms with E-state index in [4.69, 9.17) is 10.5 Å². The Morgan fingerprint density at radius 3 is 2.82 bits per heavy atom. The number of para-hydroxylation sites is 1. The molecule has 0 bridgehead atoms. The predicted octanol–water partition coefficient (Wildman–Crippen LogP) is 1.06. The third-order valence-corrected chi connectivity index (χ3v) is 2.58. The zero-order valence-corrected chi connectivity index (χ0v) is 9.81. The number of aryl methyl sites for hydroxylation is 2. The number of hydrogen-bond acceptors (Lipinski definition) is 4. The Morgan fingerprint density at radius 2 is 2.12 bits per heavy atom. The second kappa shape index (κ2) is 5.45. The van der Waals surface area contributed by atoms with Crippen molar-refractivity contribution in [1.29, 1.82) is 0 Å². The summed E-state index contributed by atoms with van der Waals surface area (Å²) >= 11 is 0. The van der Waals surface area contributed by atoms with Crippen LogP contribution in [-0.2, 0) is 19.4 Å². The van der Waals surface area contributed by atoms with Crippen LogP contribution in [0.5, 0.6) is 5.75 Å². The Morgan fingerprint density at radius 1 is 1.29 bits per heavy atom. The molecular weight excluding hydrogens is 216 g/mol. The minimum atomic E-state index is 0.391. The second-order valence-corrected chi connectivity index (χ2v) is 3.71. The monoisotopic (exact) mass is 232 g/mol. The van der Waals surface area contributed by atoms with E-state index in [9.17, 15) is 0 Å². The van der Waals surface area contributed by atoms with Crippen LogP contribution >= 0.6 is 0 Å². The highest BCUT2D eigenvalue weighted by Crippen LogP contribution is 2.18. The third-order valence-electron chi connectivity index (χ3n) is 2.58. The molecule has 0 amide bonds. The van der Waals surface area contributed by atoms with Gasteiger partial charge in [-0.05, 0) is 18.1 Å². The third kappa shape index (κ3) is 2.82. The van der Waals surface area contributed by atoms with Gasteiger partial charge in [0, 0.05) is 6.42 Å². The first-order valence-corrected chi connectivity index (χ1v) is 5.55. The number of nitrogens with one attached hydrogen (secondary N) is 1. The van der Waals surface area contributed by atoms with Gasteiger partial charge >= 0.3 is 0 Å². The molecule has 3 N–H and O–H groups in total. The summed E-state index contributed by atoms with van der Waals surface area (Å²) in [7, 11) is 1.68. The molecule has 17 heavy (non-hydrogen) atoms. The minimum Gasteiger partial charge on any atom is -0.496 e. The first-order valence-electron chi connectivity index (χ1n) is 5.55. The first-order chi connectivity index (χ1) is 8.33. The summed E-state index contributed by atoms with van der Waals surface area (Å²) in [6, 6.07) is 7.97. The maximum absolute atomic E-state index is 5.46. The molecule has 0 aliphatic carbocycles. The summed E-state index contributed by atoms with van der Waals surface area (Å²) in [6.45, 7) is 0.391. The molecule has 2 aromatic rings. The average Bonchev–Trinajstić information content (AvgIpc) is 2.84. The quantitative estimate of drug-likeness (QED) is 0.808. The zero-order chi connectivity index (χ0) is 12.1. The number of H-pyrrole nitrogens is 1. The van der Waals surface area contributed by atoms with Crippen molar-refractivity contribution in [2.24, 2.45) is 5.73 Å². The van der Waals surface area contributed by atoms with E-state index in [1.54, 1.807) is 7.11 Å². The van der Waals surface area contributed by atoms with Gasteiger partial charge in [-0.2, -0.15) is 5.10 Å². The molecule has 0 unspecified atom stereocenters. The fourth-order valence-electron chi connectivity index (χ4n) is 1.69. The van der Waals surface area contributed by atoms with Crippen LogP contribution in [0.3, 0.4) is 0 Å². The summed E-state index contributed by atoms with van der Waals surface area (Å²) in [4.78, 5) is 4.27. The standard InChI is InChI=1S/C12H16N4O/c1-17-10-5-3-2-4-9(10)6-7-11-14-12(8-13)16-15-11/h2-5H,6-8,13H2,1H3,(H,14,15,16).